The number of hydrogen-bond acceptors (Lipinski definition) is 2. The highest BCUT2D eigenvalue weighted by atomic mass is 32.2. The van der Waals surface area contributed by atoms with Crippen LogP contribution in [0, 0.1) is 20.8 Å². The van der Waals surface area contributed by atoms with Crippen molar-refractivity contribution in [2.45, 2.75) is 45.4 Å². The molecular weight excluding hydrogens is 320 g/mol. The van der Waals surface area contributed by atoms with Crippen molar-refractivity contribution in [2.75, 3.05) is 13.1 Å². The number of nitrogens with zero attached hydrogens (tertiary/aromatic N) is 2. The molecule has 0 unspecified atom stereocenters. The third-order valence-electron chi connectivity index (χ3n) is 4.94. The number of aryl methyl sites for hydroxylation is 3. The van der Waals surface area contributed by atoms with Crippen molar-refractivity contribution in [3.8, 4) is 0 Å². The molecule has 1 aliphatic heterocycles. The number of aromatic nitrogens is 1. The van der Waals surface area contributed by atoms with Crippen molar-refractivity contribution in [1.82, 2.24) is 8.87 Å². The number of benzene rings is 1. The van der Waals surface area contributed by atoms with Crippen LogP contribution < -0.4 is 0 Å². The summed E-state index contributed by atoms with van der Waals surface area (Å²) >= 11 is 0. The maximum Gasteiger partial charge on any atom is 0.218 e. The van der Waals surface area contributed by atoms with Crippen molar-refractivity contribution < 1.29 is 8.42 Å². The highest BCUT2D eigenvalue weighted by Gasteiger charge is 2.29. The summed E-state index contributed by atoms with van der Waals surface area (Å²) in [5.74, 6) is 0.0981. The van der Waals surface area contributed by atoms with Crippen LogP contribution in [0.15, 0.2) is 36.4 Å². The van der Waals surface area contributed by atoms with E-state index in [9.17, 15) is 8.42 Å². The van der Waals surface area contributed by atoms with Crippen molar-refractivity contribution in [1.29, 1.82) is 0 Å². The standard InChI is InChI=1S/C19H26N2O2S/c1-15-5-4-6-18(13-15)14-24(22,23)20-11-9-19(10-12-20)21-16(2)7-8-17(21)3/h4-8,13,19H,9-12,14H2,1-3H3. The maximum absolute atomic E-state index is 12.7. The molecule has 3 rings (SSSR count). The van der Waals surface area contributed by atoms with Crippen LogP contribution in [-0.2, 0) is 15.8 Å². The fourth-order valence-corrected chi connectivity index (χ4v) is 5.29. The van der Waals surface area contributed by atoms with Gasteiger partial charge in [-0.15, -0.1) is 0 Å². The molecule has 130 valence electrons. The fourth-order valence-electron chi connectivity index (χ4n) is 3.74. The Kier molecular flexibility index (Phi) is 4.83. The van der Waals surface area contributed by atoms with Crippen LogP contribution in [0.1, 0.15) is 41.4 Å². The lowest BCUT2D eigenvalue weighted by molar-refractivity contribution is 0.270. The molecule has 4 nitrogen and oxygen atoms in total. The van der Waals surface area contributed by atoms with Crippen LogP contribution in [0.2, 0.25) is 0 Å². The zero-order chi connectivity index (χ0) is 17.3. The molecule has 2 heterocycles. The molecule has 1 aromatic heterocycles. The molecule has 0 N–H and O–H groups in total. The maximum atomic E-state index is 12.7. The van der Waals surface area contributed by atoms with Gasteiger partial charge < -0.3 is 4.57 Å². The molecule has 5 heteroatoms. The van der Waals surface area contributed by atoms with Crippen molar-refractivity contribution in [3.63, 3.8) is 0 Å². The van der Waals surface area contributed by atoms with E-state index in [-0.39, 0.29) is 5.75 Å². The van der Waals surface area contributed by atoms with Gasteiger partial charge in [-0.1, -0.05) is 29.8 Å². The summed E-state index contributed by atoms with van der Waals surface area (Å²) in [6.07, 6.45) is 1.76. The molecule has 0 radical (unpaired) electrons. The first-order valence-corrected chi connectivity index (χ1v) is 10.2. The molecule has 2 aromatic rings. The smallest absolute Gasteiger partial charge is 0.218 e. The Hall–Kier alpha value is -1.59. The molecule has 0 aliphatic carbocycles. The monoisotopic (exact) mass is 346 g/mol. The Morgan fingerprint density at radius 3 is 2.21 bits per heavy atom. The number of hydrogen-bond donors (Lipinski definition) is 0. The van der Waals surface area contributed by atoms with Gasteiger partial charge in [0.25, 0.3) is 0 Å². The van der Waals surface area contributed by atoms with Gasteiger partial charge in [0, 0.05) is 30.5 Å². The first-order chi connectivity index (χ1) is 11.4. The van der Waals surface area contributed by atoms with E-state index in [0.717, 1.165) is 24.0 Å². The summed E-state index contributed by atoms with van der Waals surface area (Å²) < 4.78 is 29.4. The van der Waals surface area contributed by atoms with Gasteiger partial charge in [-0.2, -0.15) is 0 Å². The molecule has 0 saturated carbocycles. The highest BCUT2D eigenvalue weighted by Crippen LogP contribution is 2.28. The number of piperidine rings is 1. The largest absolute Gasteiger partial charge is 0.346 e. The lowest BCUT2D eigenvalue weighted by Crippen LogP contribution is -2.39. The van der Waals surface area contributed by atoms with Crippen molar-refractivity contribution >= 4 is 10.0 Å². The minimum absolute atomic E-state index is 0.0981. The third kappa shape index (κ3) is 3.57. The summed E-state index contributed by atoms with van der Waals surface area (Å²) in [6, 6.07) is 12.4. The second-order valence-electron chi connectivity index (χ2n) is 6.86. The van der Waals surface area contributed by atoms with E-state index in [1.807, 2.05) is 31.2 Å². The predicted molar refractivity (Wildman–Crippen MR) is 97.6 cm³/mol. The minimum atomic E-state index is -3.24. The van der Waals surface area contributed by atoms with Gasteiger partial charge in [-0.3, -0.25) is 0 Å². The van der Waals surface area contributed by atoms with E-state index in [0.29, 0.717) is 19.1 Å². The zero-order valence-corrected chi connectivity index (χ0v) is 15.5. The van der Waals surface area contributed by atoms with Gasteiger partial charge in [-0.05, 0) is 51.3 Å². The minimum Gasteiger partial charge on any atom is -0.346 e. The predicted octanol–water partition coefficient (Wildman–Crippen LogP) is 3.58. The average Bonchev–Trinajstić information content (AvgIpc) is 2.86. The quantitative estimate of drug-likeness (QED) is 0.849. The summed E-state index contributed by atoms with van der Waals surface area (Å²) in [6.45, 7) is 7.44. The summed E-state index contributed by atoms with van der Waals surface area (Å²) in [5.41, 5.74) is 4.48. The van der Waals surface area contributed by atoms with Crippen molar-refractivity contribution in [2.24, 2.45) is 0 Å². The van der Waals surface area contributed by atoms with Gasteiger partial charge in [0.15, 0.2) is 0 Å². The van der Waals surface area contributed by atoms with Gasteiger partial charge in [0.05, 0.1) is 5.75 Å². The Morgan fingerprint density at radius 2 is 1.62 bits per heavy atom. The normalized spacial score (nSPS) is 17.3. The SMILES string of the molecule is Cc1cccc(CS(=O)(=O)N2CCC(n3c(C)ccc3C)CC2)c1. The molecular formula is C19H26N2O2S. The summed E-state index contributed by atoms with van der Waals surface area (Å²) in [5, 5.41) is 0. The zero-order valence-electron chi connectivity index (χ0n) is 14.7. The van der Waals surface area contributed by atoms with E-state index in [1.54, 1.807) is 4.31 Å². The van der Waals surface area contributed by atoms with Crippen molar-refractivity contribution in [3.05, 3.63) is 58.9 Å². The van der Waals surface area contributed by atoms with Crippen LogP contribution in [-0.4, -0.2) is 30.4 Å². The van der Waals surface area contributed by atoms with Crippen LogP contribution in [0.3, 0.4) is 0 Å². The lowest BCUT2D eigenvalue weighted by atomic mass is 10.1. The van der Waals surface area contributed by atoms with Crippen LogP contribution in [0.25, 0.3) is 0 Å². The Bertz CT molecular complexity index is 796. The molecule has 0 bridgehead atoms. The van der Waals surface area contributed by atoms with E-state index in [1.165, 1.54) is 11.4 Å². The summed E-state index contributed by atoms with van der Waals surface area (Å²) in [4.78, 5) is 0. The average molecular weight is 346 g/mol. The van der Waals surface area contributed by atoms with Gasteiger partial charge in [0.2, 0.25) is 10.0 Å². The molecule has 24 heavy (non-hydrogen) atoms. The van der Waals surface area contributed by atoms with Gasteiger partial charge in [0.1, 0.15) is 0 Å². The van der Waals surface area contributed by atoms with Gasteiger partial charge in [-0.25, -0.2) is 12.7 Å². The highest BCUT2D eigenvalue weighted by molar-refractivity contribution is 7.88. The fraction of sp³-hybridized carbons (Fsp3) is 0.474. The van der Waals surface area contributed by atoms with Gasteiger partial charge >= 0.3 is 0 Å². The summed E-state index contributed by atoms with van der Waals surface area (Å²) in [7, 11) is -3.24. The first kappa shape index (κ1) is 17.2. The molecule has 0 atom stereocenters. The van der Waals surface area contributed by atoms with E-state index in [4.69, 9.17) is 0 Å². The Morgan fingerprint density at radius 1 is 1.00 bits per heavy atom. The number of sulfonamides is 1. The van der Waals surface area contributed by atoms with Crippen LogP contribution >= 0.6 is 0 Å². The topological polar surface area (TPSA) is 42.3 Å². The second-order valence-corrected chi connectivity index (χ2v) is 8.83. The molecule has 1 aliphatic rings. The molecule has 0 amide bonds. The van der Waals surface area contributed by atoms with E-state index in [2.05, 4.69) is 30.5 Å². The number of rotatable bonds is 4. The molecule has 1 aromatic carbocycles. The third-order valence-corrected chi connectivity index (χ3v) is 6.79. The van der Waals surface area contributed by atoms with Crippen LogP contribution in [0.5, 0.6) is 0 Å². The van der Waals surface area contributed by atoms with E-state index < -0.39 is 10.0 Å². The van der Waals surface area contributed by atoms with E-state index >= 15 is 0 Å². The lowest BCUT2D eigenvalue weighted by Gasteiger charge is -2.33. The Labute approximate surface area is 145 Å². The molecule has 0 spiro atoms. The Balaban J connectivity index is 1.67. The first-order valence-electron chi connectivity index (χ1n) is 8.54. The molecule has 1 fully saturated rings. The van der Waals surface area contributed by atoms with Crippen LogP contribution in [0.4, 0.5) is 0 Å². The second kappa shape index (κ2) is 6.73. The molecule has 1 saturated heterocycles.